The summed E-state index contributed by atoms with van der Waals surface area (Å²) in [6.07, 6.45) is 4.57. The topological polar surface area (TPSA) is 57.7 Å². The molecule has 3 rings (SSSR count). The van der Waals surface area contributed by atoms with Crippen LogP contribution in [0, 0.1) is 0 Å². The minimum atomic E-state index is -0.0259. The quantitative estimate of drug-likeness (QED) is 0.257. The third-order valence-corrected chi connectivity index (χ3v) is 7.62. The number of nitrogens with one attached hydrogen (secondary N) is 3. The highest BCUT2D eigenvalue weighted by atomic mass is 127. The third kappa shape index (κ3) is 7.57. The lowest BCUT2D eigenvalue weighted by atomic mass is 9.88. The molecule has 170 valence electrons. The van der Waals surface area contributed by atoms with Crippen LogP contribution in [-0.4, -0.2) is 54.8 Å². The summed E-state index contributed by atoms with van der Waals surface area (Å²) in [4.78, 5) is 5.02. The van der Waals surface area contributed by atoms with Crippen LogP contribution in [0.1, 0.15) is 58.1 Å². The molecule has 2 unspecified atom stereocenters. The Hall–Kier alpha value is -0.510. The molecule has 0 amide bonds. The molecule has 0 aromatic heterocycles. The lowest BCUT2D eigenvalue weighted by Gasteiger charge is -2.39. The van der Waals surface area contributed by atoms with E-state index < -0.39 is 0 Å². The highest BCUT2D eigenvalue weighted by molar-refractivity contribution is 14.0. The number of ether oxygens (including phenoxy) is 1. The van der Waals surface area contributed by atoms with Crippen molar-refractivity contribution in [2.75, 3.05) is 38.6 Å². The van der Waals surface area contributed by atoms with E-state index in [9.17, 15) is 0 Å². The number of hydrogen-bond donors (Lipinski definition) is 3. The number of benzene rings is 1. The second kappa shape index (κ2) is 12.5. The number of aliphatic imine (C=N–C) groups is 1. The summed E-state index contributed by atoms with van der Waals surface area (Å²) in [5, 5.41) is 10.9. The Balaban J connectivity index is 0.00000320. The Bertz CT molecular complexity index is 646. The Labute approximate surface area is 204 Å². The fraction of sp³-hybridized carbons (Fsp3) is 0.696. The van der Waals surface area contributed by atoms with Gasteiger partial charge in [0.15, 0.2) is 5.96 Å². The molecule has 1 aromatic carbocycles. The van der Waals surface area contributed by atoms with Crippen molar-refractivity contribution in [2.45, 2.75) is 62.8 Å². The molecule has 2 fully saturated rings. The Morgan fingerprint density at radius 3 is 2.53 bits per heavy atom. The van der Waals surface area contributed by atoms with Crippen molar-refractivity contribution in [1.29, 1.82) is 0 Å². The van der Waals surface area contributed by atoms with E-state index in [1.165, 1.54) is 24.2 Å². The van der Waals surface area contributed by atoms with E-state index in [1.807, 2.05) is 0 Å². The van der Waals surface area contributed by atoms with E-state index in [0.717, 1.165) is 51.6 Å². The summed E-state index contributed by atoms with van der Waals surface area (Å²) < 4.78 is 6.00. The minimum Gasteiger partial charge on any atom is -0.381 e. The van der Waals surface area contributed by atoms with Gasteiger partial charge in [-0.1, -0.05) is 30.3 Å². The summed E-state index contributed by atoms with van der Waals surface area (Å²) in [6, 6.07) is 11.0. The molecule has 30 heavy (non-hydrogen) atoms. The number of halogens is 1. The van der Waals surface area contributed by atoms with Crippen molar-refractivity contribution in [1.82, 2.24) is 16.0 Å². The van der Waals surface area contributed by atoms with Crippen molar-refractivity contribution in [3.8, 4) is 0 Å². The first kappa shape index (κ1) is 25.7. The molecule has 0 spiro atoms. The van der Waals surface area contributed by atoms with Gasteiger partial charge in [0.25, 0.3) is 0 Å². The van der Waals surface area contributed by atoms with Crippen LogP contribution in [0.4, 0.5) is 0 Å². The van der Waals surface area contributed by atoms with Gasteiger partial charge in [-0.2, -0.15) is 11.8 Å². The van der Waals surface area contributed by atoms with Gasteiger partial charge in [0.2, 0.25) is 0 Å². The molecule has 5 nitrogen and oxygen atoms in total. The standard InChI is InChI=1S/C23H38N4OS.HI/c1-4-24-21(25-17-22(3)11-8-16-29-22)26-18-23(12-14-28-15-13-23)27-19(2)20-9-6-5-7-10-20;/h5-7,9-10,19,27H,4,8,11-18H2,1-3H3,(H2,24,25,26);1H. The largest absolute Gasteiger partial charge is 0.381 e. The van der Waals surface area contributed by atoms with Gasteiger partial charge in [-0.15, -0.1) is 24.0 Å². The maximum absolute atomic E-state index is 5.67. The van der Waals surface area contributed by atoms with E-state index in [-0.39, 0.29) is 35.6 Å². The van der Waals surface area contributed by atoms with Crippen LogP contribution in [0.5, 0.6) is 0 Å². The zero-order valence-electron chi connectivity index (χ0n) is 18.7. The SMILES string of the molecule is CCNC(=NCC1(NC(C)c2ccccc2)CCOCC1)NCC1(C)CCCS1.I. The molecule has 2 saturated heterocycles. The molecule has 7 heteroatoms. The van der Waals surface area contributed by atoms with Gasteiger partial charge in [-0.05, 0) is 57.8 Å². The molecule has 2 aliphatic heterocycles. The van der Waals surface area contributed by atoms with Crippen molar-refractivity contribution in [3.05, 3.63) is 35.9 Å². The van der Waals surface area contributed by atoms with Gasteiger partial charge in [-0.3, -0.25) is 4.99 Å². The molecule has 2 aliphatic rings. The Kier molecular flexibility index (Phi) is 10.7. The fourth-order valence-electron chi connectivity index (χ4n) is 4.21. The molecule has 3 N–H and O–H groups in total. The van der Waals surface area contributed by atoms with Crippen LogP contribution in [0.3, 0.4) is 0 Å². The second-order valence-electron chi connectivity index (χ2n) is 8.62. The lowest BCUT2D eigenvalue weighted by Crippen LogP contribution is -2.53. The van der Waals surface area contributed by atoms with Crippen LogP contribution in [0.15, 0.2) is 35.3 Å². The van der Waals surface area contributed by atoms with Crippen LogP contribution < -0.4 is 16.0 Å². The fourth-order valence-corrected chi connectivity index (χ4v) is 5.46. The van der Waals surface area contributed by atoms with E-state index in [2.05, 4.69) is 78.8 Å². The van der Waals surface area contributed by atoms with Crippen LogP contribution in [0.25, 0.3) is 0 Å². The monoisotopic (exact) mass is 546 g/mol. The van der Waals surface area contributed by atoms with Gasteiger partial charge in [0.05, 0.1) is 6.54 Å². The molecule has 2 atom stereocenters. The Morgan fingerprint density at radius 1 is 1.17 bits per heavy atom. The first-order valence-electron chi connectivity index (χ1n) is 11.1. The summed E-state index contributed by atoms with van der Waals surface area (Å²) in [7, 11) is 0. The van der Waals surface area contributed by atoms with E-state index in [4.69, 9.17) is 9.73 Å². The van der Waals surface area contributed by atoms with Crippen LogP contribution in [0.2, 0.25) is 0 Å². The van der Waals surface area contributed by atoms with Crippen molar-refractivity contribution >= 4 is 41.7 Å². The zero-order chi connectivity index (χ0) is 20.6. The van der Waals surface area contributed by atoms with Crippen LogP contribution >= 0.6 is 35.7 Å². The number of nitrogens with zero attached hydrogens (tertiary/aromatic N) is 1. The summed E-state index contributed by atoms with van der Waals surface area (Å²) in [5.41, 5.74) is 1.29. The van der Waals surface area contributed by atoms with E-state index in [1.54, 1.807) is 0 Å². The maximum Gasteiger partial charge on any atom is 0.191 e. The molecule has 1 aromatic rings. The summed E-state index contributed by atoms with van der Waals surface area (Å²) in [6.45, 7) is 10.9. The van der Waals surface area contributed by atoms with E-state index >= 15 is 0 Å². The smallest absolute Gasteiger partial charge is 0.191 e. The molecule has 0 radical (unpaired) electrons. The number of thioether (sulfide) groups is 1. The maximum atomic E-state index is 5.67. The van der Waals surface area contributed by atoms with Crippen LogP contribution in [-0.2, 0) is 4.74 Å². The van der Waals surface area contributed by atoms with Gasteiger partial charge in [0, 0.05) is 42.6 Å². The molecule has 0 aliphatic carbocycles. The highest BCUT2D eigenvalue weighted by Crippen LogP contribution is 2.37. The number of guanidine groups is 1. The zero-order valence-corrected chi connectivity index (χ0v) is 21.9. The van der Waals surface area contributed by atoms with Gasteiger partial charge < -0.3 is 20.7 Å². The molecule has 2 heterocycles. The van der Waals surface area contributed by atoms with Crippen molar-refractivity contribution in [3.63, 3.8) is 0 Å². The lowest BCUT2D eigenvalue weighted by molar-refractivity contribution is 0.0374. The summed E-state index contributed by atoms with van der Waals surface area (Å²) in [5.74, 6) is 2.21. The van der Waals surface area contributed by atoms with Crippen molar-refractivity contribution < 1.29 is 4.74 Å². The summed E-state index contributed by atoms with van der Waals surface area (Å²) >= 11 is 2.08. The van der Waals surface area contributed by atoms with Crippen molar-refractivity contribution in [2.24, 2.45) is 4.99 Å². The average molecular weight is 547 g/mol. The second-order valence-corrected chi connectivity index (χ2v) is 10.3. The Morgan fingerprint density at radius 2 is 1.90 bits per heavy atom. The molecule has 0 bridgehead atoms. The molecular weight excluding hydrogens is 507 g/mol. The first-order chi connectivity index (χ1) is 14.0. The van der Waals surface area contributed by atoms with E-state index in [0.29, 0.717) is 4.75 Å². The predicted molar refractivity (Wildman–Crippen MR) is 140 cm³/mol. The highest BCUT2D eigenvalue weighted by Gasteiger charge is 2.34. The third-order valence-electron chi connectivity index (χ3n) is 6.09. The number of hydrogen-bond acceptors (Lipinski definition) is 4. The molecule has 0 saturated carbocycles. The van der Waals surface area contributed by atoms with Gasteiger partial charge in [0.1, 0.15) is 0 Å². The normalized spacial score (nSPS) is 24.7. The average Bonchev–Trinajstić information content (AvgIpc) is 3.18. The molecular formula is C23H39IN4OS. The number of rotatable bonds is 8. The predicted octanol–water partition coefficient (Wildman–Crippen LogP) is 4.35. The van der Waals surface area contributed by atoms with Gasteiger partial charge in [-0.25, -0.2) is 0 Å². The minimum absolute atomic E-state index is 0. The van der Waals surface area contributed by atoms with Gasteiger partial charge >= 0.3 is 0 Å². The first-order valence-corrected chi connectivity index (χ1v) is 12.1.